The van der Waals surface area contributed by atoms with E-state index in [1.165, 1.54) is 0 Å². The van der Waals surface area contributed by atoms with Crippen LogP contribution in [0.2, 0.25) is 0 Å². The molecule has 1 aromatic heterocycles. The Morgan fingerprint density at radius 3 is 2.60 bits per heavy atom. The van der Waals surface area contributed by atoms with Crippen molar-refractivity contribution in [2.75, 3.05) is 6.54 Å². The van der Waals surface area contributed by atoms with Crippen molar-refractivity contribution in [1.29, 1.82) is 0 Å². The summed E-state index contributed by atoms with van der Waals surface area (Å²) in [6.45, 7) is 4.07. The van der Waals surface area contributed by atoms with Crippen LogP contribution in [0.15, 0.2) is 4.52 Å². The standard InChI is InChI=1S/C13H22N4O2.ClH/c1-8(7-14)12(18)16-11-5-3-10(4-6-11)13-15-9(2)17-19-13;/h8,10-11H,3-7,14H2,1-2H3,(H,16,18);1H. The fraction of sp³-hybridized carbons (Fsp3) is 0.769. The Morgan fingerprint density at radius 2 is 2.10 bits per heavy atom. The van der Waals surface area contributed by atoms with Crippen molar-refractivity contribution in [3.63, 3.8) is 0 Å². The van der Waals surface area contributed by atoms with Crippen LogP contribution < -0.4 is 11.1 Å². The molecular weight excluding hydrogens is 280 g/mol. The fourth-order valence-electron chi connectivity index (χ4n) is 2.41. The normalized spacial score (nSPS) is 23.8. The number of hydrogen-bond acceptors (Lipinski definition) is 5. The van der Waals surface area contributed by atoms with E-state index in [1.54, 1.807) is 0 Å². The van der Waals surface area contributed by atoms with E-state index in [-0.39, 0.29) is 30.3 Å². The summed E-state index contributed by atoms with van der Waals surface area (Å²) in [5.74, 6) is 1.69. The van der Waals surface area contributed by atoms with Gasteiger partial charge in [0, 0.05) is 24.4 Å². The van der Waals surface area contributed by atoms with Gasteiger partial charge < -0.3 is 15.6 Å². The number of aryl methyl sites for hydroxylation is 1. The molecule has 2 rings (SSSR count). The molecule has 1 fully saturated rings. The average molecular weight is 303 g/mol. The predicted molar refractivity (Wildman–Crippen MR) is 77.6 cm³/mol. The minimum absolute atomic E-state index is 0. The first kappa shape index (κ1) is 16.9. The highest BCUT2D eigenvalue weighted by atomic mass is 35.5. The average Bonchev–Trinajstić information content (AvgIpc) is 2.85. The number of aromatic nitrogens is 2. The molecule has 1 unspecified atom stereocenters. The minimum Gasteiger partial charge on any atom is -0.353 e. The molecule has 0 bridgehead atoms. The van der Waals surface area contributed by atoms with Crippen LogP contribution >= 0.6 is 12.4 Å². The van der Waals surface area contributed by atoms with Crippen LogP contribution in [0.1, 0.15) is 50.2 Å². The van der Waals surface area contributed by atoms with Gasteiger partial charge in [-0.3, -0.25) is 4.79 Å². The van der Waals surface area contributed by atoms with Crippen molar-refractivity contribution < 1.29 is 9.32 Å². The van der Waals surface area contributed by atoms with E-state index < -0.39 is 0 Å². The molecule has 1 aliphatic carbocycles. The Morgan fingerprint density at radius 1 is 1.45 bits per heavy atom. The Hall–Kier alpha value is -1.14. The van der Waals surface area contributed by atoms with Crippen molar-refractivity contribution in [3.8, 4) is 0 Å². The van der Waals surface area contributed by atoms with E-state index in [0.29, 0.717) is 18.3 Å². The second kappa shape index (κ2) is 7.59. The summed E-state index contributed by atoms with van der Waals surface area (Å²) in [7, 11) is 0. The van der Waals surface area contributed by atoms with Gasteiger partial charge in [-0.2, -0.15) is 4.98 Å². The number of carbonyl (C=O) groups excluding carboxylic acids is 1. The molecule has 1 amide bonds. The lowest BCUT2D eigenvalue weighted by atomic mass is 9.85. The van der Waals surface area contributed by atoms with E-state index in [9.17, 15) is 4.79 Å². The van der Waals surface area contributed by atoms with Crippen LogP contribution in [0.25, 0.3) is 0 Å². The SMILES string of the molecule is Cc1noc(C2CCC(NC(=O)C(C)CN)CC2)n1.Cl. The monoisotopic (exact) mass is 302 g/mol. The summed E-state index contributed by atoms with van der Waals surface area (Å²) in [5, 5.41) is 6.88. The fourth-order valence-corrected chi connectivity index (χ4v) is 2.41. The third-order valence-electron chi connectivity index (χ3n) is 3.77. The second-order valence-electron chi connectivity index (χ2n) is 5.37. The molecule has 114 valence electrons. The van der Waals surface area contributed by atoms with Crippen LogP contribution in [-0.4, -0.2) is 28.6 Å². The highest BCUT2D eigenvalue weighted by molar-refractivity contribution is 5.85. The number of nitrogens with two attached hydrogens (primary N) is 1. The first-order valence-corrected chi connectivity index (χ1v) is 6.90. The van der Waals surface area contributed by atoms with Crippen molar-refractivity contribution in [1.82, 2.24) is 15.5 Å². The number of hydrogen-bond donors (Lipinski definition) is 2. The Balaban J connectivity index is 0.00000200. The summed E-state index contributed by atoms with van der Waals surface area (Å²) in [6, 6.07) is 0.252. The first-order chi connectivity index (χ1) is 9.10. The van der Waals surface area contributed by atoms with Gasteiger partial charge in [0.1, 0.15) is 0 Å². The molecule has 1 aromatic rings. The molecule has 0 saturated heterocycles. The van der Waals surface area contributed by atoms with Crippen LogP contribution in [0.3, 0.4) is 0 Å². The maximum absolute atomic E-state index is 11.8. The summed E-state index contributed by atoms with van der Waals surface area (Å²) in [6.07, 6.45) is 3.86. The van der Waals surface area contributed by atoms with Crippen LogP contribution in [0.4, 0.5) is 0 Å². The number of carbonyl (C=O) groups is 1. The molecule has 3 N–H and O–H groups in total. The zero-order chi connectivity index (χ0) is 13.8. The second-order valence-corrected chi connectivity index (χ2v) is 5.37. The third-order valence-corrected chi connectivity index (χ3v) is 3.77. The third kappa shape index (κ3) is 4.18. The number of amides is 1. The van der Waals surface area contributed by atoms with Gasteiger partial charge in [-0.1, -0.05) is 12.1 Å². The van der Waals surface area contributed by atoms with Gasteiger partial charge in [0.2, 0.25) is 11.8 Å². The molecule has 1 heterocycles. The van der Waals surface area contributed by atoms with Crippen LogP contribution in [0.5, 0.6) is 0 Å². The van der Waals surface area contributed by atoms with Crippen molar-refractivity contribution in [2.45, 2.75) is 51.5 Å². The number of halogens is 1. The Bertz CT molecular complexity index is 430. The van der Waals surface area contributed by atoms with Crippen molar-refractivity contribution >= 4 is 18.3 Å². The molecule has 1 saturated carbocycles. The molecule has 1 aliphatic rings. The predicted octanol–water partition coefficient (Wildman–Crippen LogP) is 1.54. The van der Waals surface area contributed by atoms with Gasteiger partial charge in [-0.15, -0.1) is 12.4 Å². The molecule has 6 nitrogen and oxygen atoms in total. The first-order valence-electron chi connectivity index (χ1n) is 6.90. The Kier molecular flexibility index (Phi) is 6.42. The van der Waals surface area contributed by atoms with E-state index in [2.05, 4.69) is 15.5 Å². The molecule has 0 spiro atoms. The molecule has 7 heteroatoms. The number of nitrogens with one attached hydrogen (secondary N) is 1. The molecule has 0 aromatic carbocycles. The van der Waals surface area contributed by atoms with E-state index >= 15 is 0 Å². The minimum atomic E-state index is -0.115. The van der Waals surface area contributed by atoms with Gasteiger partial charge in [-0.05, 0) is 32.6 Å². The van der Waals surface area contributed by atoms with E-state index in [4.69, 9.17) is 10.3 Å². The molecular formula is C13H23ClN4O2. The Labute approximate surface area is 125 Å². The quantitative estimate of drug-likeness (QED) is 0.880. The largest absolute Gasteiger partial charge is 0.353 e. The smallest absolute Gasteiger partial charge is 0.229 e. The zero-order valence-electron chi connectivity index (χ0n) is 12.0. The van der Waals surface area contributed by atoms with Crippen molar-refractivity contribution in [2.24, 2.45) is 11.7 Å². The van der Waals surface area contributed by atoms with Crippen LogP contribution in [0, 0.1) is 12.8 Å². The maximum atomic E-state index is 11.8. The molecule has 0 aliphatic heterocycles. The van der Waals surface area contributed by atoms with Gasteiger partial charge in [0.15, 0.2) is 5.82 Å². The summed E-state index contributed by atoms with van der Waals surface area (Å²) in [4.78, 5) is 16.0. The zero-order valence-corrected chi connectivity index (χ0v) is 12.8. The summed E-state index contributed by atoms with van der Waals surface area (Å²) in [5.41, 5.74) is 5.49. The maximum Gasteiger partial charge on any atom is 0.229 e. The highest BCUT2D eigenvalue weighted by Crippen LogP contribution is 2.31. The van der Waals surface area contributed by atoms with Gasteiger partial charge in [-0.25, -0.2) is 0 Å². The van der Waals surface area contributed by atoms with Gasteiger partial charge >= 0.3 is 0 Å². The van der Waals surface area contributed by atoms with Gasteiger partial charge in [0.05, 0.1) is 0 Å². The lowest BCUT2D eigenvalue weighted by Gasteiger charge is -2.28. The molecule has 1 atom stereocenters. The van der Waals surface area contributed by atoms with Gasteiger partial charge in [0.25, 0.3) is 0 Å². The van der Waals surface area contributed by atoms with Crippen LogP contribution in [-0.2, 0) is 4.79 Å². The number of rotatable bonds is 4. The molecule has 0 radical (unpaired) electrons. The summed E-state index contributed by atoms with van der Waals surface area (Å²) >= 11 is 0. The van der Waals surface area contributed by atoms with E-state index in [0.717, 1.165) is 31.6 Å². The topological polar surface area (TPSA) is 94.0 Å². The lowest BCUT2D eigenvalue weighted by molar-refractivity contribution is -0.125. The van der Waals surface area contributed by atoms with E-state index in [1.807, 2.05) is 13.8 Å². The van der Waals surface area contributed by atoms with Crippen molar-refractivity contribution in [3.05, 3.63) is 11.7 Å². The number of nitrogens with zero attached hydrogens (tertiary/aromatic N) is 2. The molecule has 20 heavy (non-hydrogen) atoms. The highest BCUT2D eigenvalue weighted by Gasteiger charge is 2.27. The summed E-state index contributed by atoms with van der Waals surface area (Å²) < 4.78 is 5.21. The lowest BCUT2D eigenvalue weighted by Crippen LogP contribution is -2.41.